The lowest BCUT2D eigenvalue weighted by Gasteiger charge is -2.14. The molecule has 5 heteroatoms. The van der Waals surface area contributed by atoms with Crippen LogP contribution in [0.25, 0.3) is 0 Å². The van der Waals surface area contributed by atoms with Crippen molar-refractivity contribution in [2.24, 2.45) is 5.10 Å². The van der Waals surface area contributed by atoms with Gasteiger partial charge < -0.3 is 4.79 Å². The largest absolute Gasteiger partial charge is 0.301 e. The van der Waals surface area contributed by atoms with E-state index in [9.17, 15) is 4.79 Å². The van der Waals surface area contributed by atoms with Crippen molar-refractivity contribution in [2.75, 3.05) is 6.54 Å². The highest BCUT2D eigenvalue weighted by Crippen LogP contribution is 2.17. The van der Waals surface area contributed by atoms with Crippen LogP contribution in [0.15, 0.2) is 23.4 Å². The summed E-state index contributed by atoms with van der Waals surface area (Å²) in [5.74, 6) is 0. The average molecular weight is 296 g/mol. The fourth-order valence-corrected chi connectivity index (χ4v) is 1.65. The quantitative estimate of drug-likeness (QED) is 0.483. The van der Waals surface area contributed by atoms with Crippen LogP contribution in [0.3, 0.4) is 0 Å². The zero-order valence-corrected chi connectivity index (χ0v) is 13.5. The topological polar surface area (TPSA) is 45.6 Å². The summed E-state index contributed by atoms with van der Waals surface area (Å²) in [6, 6.07) is 1.88. The molecule has 110 valence electrons. The van der Waals surface area contributed by atoms with Crippen LogP contribution in [0, 0.1) is 20.8 Å². The van der Waals surface area contributed by atoms with Gasteiger partial charge in [0.2, 0.25) is 0 Å². The molecule has 0 fully saturated rings. The third-order valence-corrected chi connectivity index (χ3v) is 2.92. The summed E-state index contributed by atoms with van der Waals surface area (Å²) in [5, 5.41) is 6.24. The van der Waals surface area contributed by atoms with Crippen molar-refractivity contribution in [3.63, 3.8) is 0 Å². The maximum Gasteiger partial charge on any atom is 0.141 e. The minimum absolute atomic E-state index is 0.277. The van der Waals surface area contributed by atoms with Gasteiger partial charge in [-0.25, -0.2) is 0 Å². The van der Waals surface area contributed by atoms with Crippen molar-refractivity contribution < 1.29 is 4.79 Å². The molecule has 0 aliphatic rings. The van der Waals surface area contributed by atoms with E-state index in [1.54, 1.807) is 20.1 Å². The van der Waals surface area contributed by atoms with E-state index in [0.717, 1.165) is 34.0 Å². The molecule has 0 saturated carbocycles. The summed E-state index contributed by atoms with van der Waals surface area (Å²) in [5.41, 5.74) is 3.84. The summed E-state index contributed by atoms with van der Waals surface area (Å²) in [4.78, 5) is 14.3. The second kappa shape index (κ2) is 9.26. The lowest BCUT2D eigenvalue weighted by Crippen LogP contribution is -2.16. The Bertz CT molecular complexity index is 475. The minimum Gasteiger partial charge on any atom is -0.301 e. The fourth-order valence-electron chi connectivity index (χ4n) is 1.36. The summed E-state index contributed by atoms with van der Waals surface area (Å²) < 4.78 is 0. The molecule has 0 unspecified atom stereocenters. The smallest absolute Gasteiger partial charge is 0.141 e. The van der Waals surface area contributed by atoms with E-state index in [4.69, 9.17) is 11.6 Å². The molecule has 1 aromatic heterocycles. The Morgan fingerprint density at radius 3 is 2.50 bits per heavy atom. The standard InChI is InChI=1S/C8H10ClN.C7H12N2O/c1-5-4-8(9)6(2)7(3)10-5;1-4-8-9(5-6-10)7(2)3/h4H,1-3H3;4,6H,2,5H2,1,3H3/b;8-4+. The van der Waals surface area contributed by atoms with Crippen molar-refractivity contribution in [1.29, 1.82) is 0 Å². The van der Waals surface area contributed by atoms with E-state index in [2.05, 4.69) is 16.7 Å². The summed E-state index contributed by atoms with van der Waals surface area (Å²) in [6.45, 7) is 13.4. The van der Waals surface area contributed by atoms with Gasteiger partial charge in [-0.2, -0.15) is 5.10 Å². The predicted octanol–water partition coefficient (Wildman–Crippen LogP) is 3.69. The number of allylic oxidation sites excluding steroid dienone is 1. The van der Waals surface area contributed by atoms with E-state index < -0.39 is 0 Å². The Balaban J connectivity index is 0.000000361. The van der Waals surface area contributed by atoms with E-state index >= 15 is 0 Å². The molecule has 0 saturated heterocycles. The van der Waals surface area contributed by atoms with Crippen LogP contribution in [-0.2, 0) is 4.79 Å². The molecule has 0 amide bonds. The van der Waals surface area contributed by atoms with E-state index in [-0.39, 0.29) is 6.54 Å². The van der Waals surface area contributed by atoms with Crippen LogP contribution in [0.1, 0.15) is 30.8 Å². The average Bonchev–Trinajstić information content (AvgIpc) is 2.36. The van der Waals surface area contributed by atoms with Gasteiger partial charge in [0, 0.05) is 28.3 Å². The van der Waals surface area contributed by atoms with Crippen molar-refractivity contribution in [1.82, 2.24) is 9.99 Å². The van der Waals surface area contributed by atoms with Crippen molar-refractivity contribution in [3.05, 3.63) is 40.3 Å². The first-order valence-corrected chi connectivity index (χ1v) is 6.66. The molecule has 1 rings (SSSR count). The number of aldehydes is 1. The third kappa shape index (κ3) is 6.48. The number of halogens is 1. The molecule has 20 heavy (non-hydrogen) atoms. The molecule has 0 aromatic carbocycles. The van der Waals surface area contributed by atoms with E-state index in [0.29, 0.717) is 0 Å². The van der Waals surface area contributed by atoms with Crippen molar-refractivity contribution in [2.45, 2.75) is 34.6 Å². The minimum atomic E-state index is 0.277. The highest BCUT2D eigenvalue weighted by molar-refractivity contribution is 6.31. The number of rotatable bonds is 4. The lowest BCUT2D eigenvalue weighted by atomic mass is 10.2. The Hall–Kier alpha value is -1.68. The SMILES string of the molecule is C=C(C)N(CC=O)/N=C/C.Cc1cc(Cl)c(C)c(C)n1. The summed E-state index contributed by atoms with van der Waals surface area (Å²) >= 11 is 5.88. The zero-order valence-electron chi connectivity index (χ0n) is 12.8. The van der Waals surface area contributed by atoms with Crippen LogP contribution in [-0.4, -0.2) is 29.0 Å². The van der Waals surface area contributed by atoms with Gasteiger partial charge in [0.05, 0.1) is 6.54 Å². The number of aromatic nitrogens is 1. The summed E-state index contributed by atoms with van der Waals surface area (Å²) in [7, 11) is 0. The molecule has 0 spiro atoms. The van der Waals surface area contributed by atoms with Crippen LogP contribution in [0.5, 0.6) is 0 Å². The number of nitrogens with zero attached hydrogens (tertiary/aromatic N) is 3. The van der Waals surface area contributed by atoms with Gasteiger partial charge in [0.25, 0.3) is 0 Å². The Morgan fingerprint density at radius 2 is 2.10 bits per heavy atom. The van der Waals surface area contributed by atoms with Crippen LogP contribution in [0.2, 0.25) is 5.02 Å². The number of hydrogen-bond donors (Lipinski definition) is 0. The molecule has 0 aliphatic carbocycles. The van der Waals surface area contributed by atoms with Gasteiger partial charge >= 0.3 is 0 Å². The molecular weight excluding hydrogens is 274 g/mol. The highest BCUT2D eigenvalue weighted by Gasteiger charge is 1.99. The van der Waals surface area contributed by atoms with Crippen molar-refractivity contribution in [3.8, 4) is 0 Å². The Morgan fingerprint density at radius 1 is 1.50 bits per heavy atom. The monoisotopic (exact) mass is 295 g/mol. The Labute approximate surface area is 126 Å². The molecule has 0 bridgehead atoms. The summed E-state index contributed by atoms with van der Waals surface area (Å²) in [6.07, 6.45) is 2.42. The molecule has 0 aliphatic heterocycles. The normalized spacial score (nSPS) is 9.90. The van der Waals surface area contributed by atoms with Gasteiger partial charge in [-0.3, -0.25) is 9.99 Å². The molecular formula is C15H22ClN3O. The van der Waals surface area contributed by atoms with Crippen LogP contribution >= 0.6 is 11.6 Å². The second-order valence-electron chi connectivity index (χ2n) is 4.31. The maximum atomic E-state index is 10.0. The highest BCUT2D eigenvalue weighted by atomic mass is 35.5. The molecule has 1 heterocycles. The van der Waals surface area contributed by atoms with Gasteiger partial charge in [-0.15, -0.1) is 0 Å². The van der Waals surface area contributed by atoms with Gasteiger partial charge in [-0.05, 0) is 46.2 Å². The second-order valence-corrected chi connectivity index (χ2v) is 4.72. The first-order chi connectivity index (χ1) is 9.33. The van der Waals surface area contributed by atoms with Crippen LogP contribution in [0.4, 0.5) is 0 Å². The Kier molecular flexibility index (Phi) is 8.48. The van der Waals surface area contributed by atoms with E-state index in [1.807, 2.05) is 26.8 Å². The third-order valence-electron chi connectivity index (χ3n) is 2.52. The molecule has 1 aromatic rings. The number of carbonyl (C=O) groups excluding carboxylic acids is 1. The molecule has 4 nitrogen and oxygen atoms in total. The van der Waals surface area contributed by atoms with Gasteiger partial charge in [-0.1, -0.05) is 18.2 Å². The number of aryl methyl sites for hydroxylation is 2. The first kappa shape index (κ1) is 18.3. The number of pyridine rings is 1. The van der Waals surface area contributed by atoms with Gasteiger partial charge in [0.1, 0.15) is 6.29 Å². The molecule has 0 N–H and O–H groups in total. The zero-order chi connectivity index (χ0) is 15.7. The molecule has 0 atom stereocenters. The number of carbonyl (C=O) groups is 1. The number of hydrazone groups is 1. The van der Waals surface area contributed by atoms with E-state index in [1.165, 1.54) is 5.01 Å². The predicted molar refractivity (Wildman–Crippen MR) is 85.2 cm³/mol. The number of hydrogen-bond acceptors (Lipinski definition) is 4. The van der Waals surface area contributed by atoms with Crippen LogP contribution < -0.4 is 0 Å². The molecule has 0 radical (unpaired) electrons. The first-order valence-electron chi connectivity index (χ1n) is 6.29. The fraction of sp³-hybridized carbons (Fsp3) is 0.400. The lowest BCUT2D eigenvalue weighted by molar-refractivity contribution is -0.108. The van der Waals surface area contributed by atoms with Crippen molar-refractivity contribution >= 4 is 24.1 Å². The maximum absolute atomic E-state index is 10.0. The van der Waals surface area contributed by atoms with Gasteiger partial charge in [0.15, 0.2) is 0 Å².